The van der Waals surface area contributed by atoms with Gasteiger partial charge in [0, 0.05) is 5.57 Å². The van der Waals surface area contributed by atoms with Crippen LogP contribution in [0, 0.1) is 20.8 Å². The molecular weight excluding hydrogens is 374 g/mol. The highest BCUT2D eigenvalue weighted by Crippen LogP contribution is 2.27. The highest BCUT2D eigenvalue weighted by Gasteiger charge is 2.10. The van der Waals surface area contributed by atoms with Crippen molar-refractivity contribution in [1.29, 1.82) is 0 Å². The molecule has 0 heterocycles. The molecular formula is C26H27NO3. The molecule has 0 fully saturated rings. The van der Waals surface area contributed by atoms with Crippen LogP contribution in [0.5, 0.6) is 17.2 Å². The third-order valence-corrected chi connectivity index (χ3v) is 4.69. The Hall–Kier alpha value is -3.53. The van der Waals surface area contributed by atoms with E-state index in [9.17, 15) is 0 Å². The van der Waals surface area contributed by atoms with E-state index in [4.69, 9.17) is 19.2 Å². The van der Waals surface area contributed by atoms with Gasteiger partial charge in [-0.05, 0) is 80.8 Å². The van der Waals surface area contributed by atoms with E-state index in [1.807, 2.05) is 74.5 Å². The van der Waals surface area contributed by atoms with Gasteiger partial charge in [0.25, 0.3) is 0 Å². The highest BCUT2D eigenvalue weighted by atomic mass is 16.5. The van der Waals surface area contributed by atoms with Crippen molar-refractivity contribution in [2.24, 2.45) is 4.99 Å². The summed E-state index contributed by atoms with van der Waals surface area (Å²) in [6, 6.07) is 21.5. The molecule has 0 unspecified atom stereocenters. The van der Waals surface area contributed by atoms with Crippen molar-refractivity contribution in [3.63, 3.8) is 0 Å². The lowest BCUT2D eigenvalue weighted by Gasteiger charge is -2.12. The van der Waals surface area contributed by atoms with E-state index in [0.29, 0.717) is 17.4 Å². The highest BCUT2D eigenvalue weighted by molar-refractivity contribution is 5.96. The molecule has 0 spiro atoms. The number of nitrogens with zero attached hydrogens (tertiary/aromatic N) is 1. The van der Waals surface area contributed by atoms with Crippen molar-refractivity contribution in [2.75, 3.05) is 7.11 Å². The fraction of sp³-hybridized carbons (Fsp3) is 0.192. The Kier molecular flexibility index (Phi) is 6.91. The third-order valence-electron chi connectivity index (χ3n) is 4.69. The molecule has 0 N–H and O–H groups in total. The largest absolute Gasteiger partial charge is 0.493 e. The number of hydrogen-bond donors (Lipinski definition) is 0. The molecule has 0 bridgehead atoms. The maximum atomic E-state index is 6.15. The predicted octanol–water partition coefficient (Wildman–Crippen LogP) is 6.71. The van der Waals surface area contributed by atoms with Gasteiger partial charge in [0.2, 0.25) is 5.90 Å². The Morgan fingerprint density at radius 3 is 2.30 bits per heavy atom. The number of rotatable bonds is 6. The van der Waals surface area contributed by atoms with Gasteiger partial charge in [0.1, 0.15) is 5.75 Å². The van der Waals surface area contributed by atoms with Crippen LogP contribution in [0.3, 0.4) is 0 Å². The number of para-hydroxylation sites is 2. The zero-order chi connectivity index (χ0) is 21.5. The topological polar surface area (TPSA) is 40.0 Å². The molecule has 4 heteroatoms. The standard InChI is InChI=1S/C26H27NO3/c1-18-9-8-10-23(15-18)30-26(27-22-14-13-19(2)20(3)16-22)21(4)17-29-25-12-7-6-11-24(25)28-5/h6-17H,1-5H3/b21-17+,27-26+. The summed E-state index contributed by atoms with van der Waals surface area (Å²) in [7, 11) is 1.62. The first kappa shape index (κ1) is 21.2. The van der Waals surface area contributed by atoms with Gasteiger partial charge in [0.05, 0.1) is 19.1 Å². The van der Waals surface area contributed by atoms with Gasteiger partial charge in [-0.15, -0.1) is 0 Å². The summed E-state index contributed by atoms with van der Waals surface area (Å²) in [4.78, 5) is 4.76. The van der Waals surface area contributed by atoms with Crippen LogP contribution in [0.1, 0.15) is 23.6 Å². The molecule has 0 aliphatic carbocycles. The summed E-state index contributed by atoms with van der Waals surface area (Å²) in [5.74, 6) is 2.48. The third kappa shape index (κ3) is 5.51. The van der Waals surface area contributed by atoms with E-state index in [0.717, 1.165) is 22.6 Å². The molecule has 3 aromatic rings. The van der Waals surface area contributed by atoms with Gasteiger partial charge < -0.3 is 14.2 Å². The second-order valence-electron chi connectivity index (χ2n) is 7.17. The molecule has 0 aromatic heterocycles. The summed E-state index contributed by atoms with van der Waals surface area (Å²) >= 11 is 0. The Morgan fingerprint density at radius 2 is 1.60 bits per heavy atom. The van der Waals surface area contributed by atoms with Crippen molar-refractivity contribution in [3.8, 4) is 17.2 Å². The van der Waals surface area contributed by atoms with Crippen molar-refractivity contribution in [2.45, 2.75) is 27.7 Å². The van der Waals surface area contributed by atoms with Gasteiger partial charge >= 0.3 is 0 Å². The average Bonchev–Trinajstić information content (AvgIpc) is 2.74. The van der Waals surface area contributed by atoms with Crippen LogP contribution in [0.15, 0.2) is 83.6 Å². The van der Waals surface area contributed by atoms with Crippen LogP contribution in [-0.2, 0) is 0 Å². The van der Waals surface area contributed by atoms with Gasteiger partial charge in [0.15, 0.2) is 11.5 Å². The Labute approximate surface area is 178 Å². The van der Waals surface area contributed by atoms with Crippen molar-refractivity contribution in [3.05, 3.63) is 95.3 Å². The van der Waals surface area contributed by atoms with E-state index in [2.05, 4.69) is 19.9 Å². The zero-order valence-corrected chi connectivity index (χ0v) is 18.1. The smallest absolute Gasteiger partial charge is 0.225 e. The van der Waals surface area contributed by atoms with Crippen molar-refractivity contribution in [1.82, 2.24) is 0 Å². The van der Waals surface area contributed by atoms with Crippen molar-refractivity contribution >= 4 is 11.6 Å². The van der Waals surface area contributed by atoms with Crippen LogP contribution in [-0.4, -0.2) is 13.0 Å². The monoisotopic (exact) mass is 401 g/mol. The minimum absolute atomic E-state index is 0.471. The van der Waals surface area contributed by atoms with Crippen molar-refractivity contribution < 1.29 is 14.2 Å². The quantitative estimate of drug-likeness (QED) is 0.262. The molecule has 0 aliphatic heterocycles. The van der Waals surface area contributed by atoms with Crippen LogP contribution in [0.25, 0.3) is 0 Å². The summed E-state index contributed by atoms with van der Waals surface area (Å²) in [5.41, 5.74) is 5.09. The maximum Gasteiger partial charge on any atom is 0.225 e. The lowest BCUT2D eigenvalue weighted by atomic mass is 10.1. The summed E-state index contributed by atoms with van der Waals surface area (Å²) < 4.78 is 17.4. The minimum Gasteiger partial charge on any atom is -0.493 e. The molecule has 30 heavy (non-hydrogen) atoms. The molecule has 154 valence electrons. The van der Waals surface area contributed by atoms with Gasteiger partial charge in [-0.3, -0.25) is 0 Å². The average molecular weight is 402 g/mol. The molecule has 3 rings (SSSR count). The molecule has 0 amide bonds. The predicted molar refractivity (Wildman–Crippen MR) is 122 cm³/mol. The molecule has 3 aromatic carbocycles. The number of hydrogen-bond acceptors (Lipinski definition) is 4. The molecule has 0 aliphatic rings. The fourth-order valence-electron chi connectivity index (χ4n) is 2.81. The Balaban J connectivity index is 1.94. The summed E-state index contributed by atoms with van der Waals surface area (Å²) in [5, 5.41) is 0. The maximum absolute atomic E-state index is 6.15. The SMILES string of the molecule is COc1ccccc1O/C=C(C)/C(=N\c1ccc(C)c(C)c1)Oc1cccc(C)c1. The second kappa shape index (κ2) is 9.79. The first-order valence-electron chi connectivity index (χ1n) is 9.83. The Morgan fingerprint density at radius 1 is 0.833 bits per heavy atom. The number of benzene rings is 3. The van der Waals surface area contributed by atoms with E-state index < -0.39 is 0 Å². The number of aryl methyl sites for hydroxylation is 3. The summed E-state index contributed by atoms with van der Waals surface area (Å²) in [6.07, 6.45) is 1.63. The zero-order valence-electron chi connectivity index (χ0n) is 18.1. The van der Waals surface area contributed by atoms with Gasteiger partial charge in [-0.2, -0.15) is 0 Å². The lowest BCUT2D eigenvalue weighted by Crippen LogP contribution is -2.11. The van der Waals surface area contributed by atoms with E-state index >= 15 is 0 Å². The van der Waals surface area contributed by atoms with Gasteiger partial charge in [-0.1, -0.05) is 30.3 Å². The molecule has 4 nitrogen and oxygen atoms in total. The number of aliphatic imine (C=N–C) groups is 1. The first-order chi connectivity index (χ1) is 14.5. The van der Waals surface area contributed by atoms with Crippen LogP contribution >= 0.6 is 0 Å². The van der Waals surface area contributed by atoms with E-state index in [1.54, 1.807) is 13.4 Å². The molecule has 0 radical (unpaired) electrons. The lowest BCUT2D eigenvalue weighted by molar-refractivity contribution is 0.377. The minimum atomic E-state index is 0.471. The molecule has 0 atom stereocenters. The van der Waals surface area contributed by atoms with Crippen LogP contribution in [0.4, 0.5) is 5.69 Å². The van der Waals surface area contributed by atoms with Crippen LogP contribution < -0.4 is 14.2 Å². The fourth-order valence-corrected chi connectivity index (χ4v) is 2.81. The Bertz CT molecular complexity index is 1080. The van der Waals surface area contributed by atoms with Gasteiger partial charge in [-0.25, -0.2) is 4.99 Å². The van der Waals surface area contributed by atoms with Crippen LogP contribution in [0.2, 0.25) is 0 Å². The first-order valence-corrected chi connectivity index (χ1v) is 9.83. The molecule has 0 saturated carbocycles. The molecule has 0 saturated heterocycles. The second-order valence-corrected chi connectivity index (χ2v) is 7.17. The number of ether oxygens (including phenoxy) is 3. The number of methoxy groups -OCH3 is 1. The van der Waals surface area contributed by atoms with E-state index in [-0.39, 0.29) is 0 Å². The van der Waals surface area contributed by atoms with E-state index in [1.165, 1.54) is 11.1 Å². The summed E-state index contributed by atoms with van der Waals surface area (Å²) in [6.45, 7) is 8.09. The normalized spacial score (nSPS) is 11.9.